The van der Waals surface area contributed by atoms with E-state index in [1.165, 1.54) is 12.8 Å². The third-order valence-electron chi connectivity index (χ3n) is 4.02. The zero-order valence-corrected chi connectivity index (χ0v) is 13.3. The fourth-order valence-corrected chi connectivity index (χ4v) is 3.18. The summed E-state index contributed by atoms with van der Waals surface area (Å²) in [7, 11) is 0. The summed E-state index contributed by atoms with van der Waals surface area (Å²) in [6, 6.07) is 0. The van der Waals surface area contributed by atoms with E-state index in [0.29, 0.717) is 11.2 Å². The van der Waals surface area contributed by atoms with Crippen molar-refractivity contribution in [1.29, 1.82) is 0 Å². The van der Waals surface area contributed by atoms with Crippen LogP contribution in [0.25, 0.3) is 0 Å². The second kappa shape index (κ2) is 6.08. The summed E-state index contributed by atoms with van der Waals surface area (Å²) in [5, 5.41) is 0. The first-order valence-corrected chi connectivity index (χ1v) is 7.66. The molecule has 0 saturated heterocycles. The number of hydrogen-bond donors (Lipinski definition) is 1. The third-order valence-corrected chi connectivity index (χ3v) is 4.02. The standard InChI is InChI=1S/C16H28N4/c1-12(9-16(2,3)4)5-7-20-8-6-13-14(10-20)18-11-19-15(13)17/h11-12H,5-10H2,1-4H3,(H2,17,18,19). The van der Waals surface area contributed by atoms with E-state index in [0.717, 1.165) is 43.2 Å². The monoisotopic (exact) mass is 276 g/mol. The van der Waals surface area contributed by atoms with Gasteiger partial charge in [-0.25, -0.2) is 9.97 Å². The minimum absolute atomic E-state index is 0.426. The van der Waals surface area contributed by atoms with Gasteiger partial charge in [0.15, 0.2) is 0 Å². The summed E-state index contributed by atoms with van der Waals surface area (Å²) in [4.78, 5) is 11.0. The number of hydrogen-bond acceptors (Lipinski definition) is 4. The van der Waals surface area contributed by atoms with Crippen LogP contribution in [-0.2, 0) is 13.0 Å². The van der Waals surface area contributed by atoms with Crippen molar-refractivity contribution in [2.75, 3.05) is 18.8 Å². The lowest BCUT2D eigenvalue weighted by Crippen LogP contribution is -2.33. The molecule has 0 spiro atoms. The van der Waals surface area contributed by atoms with Crippen LogP contribution < -0.4 is 5.73 Å². The molecule has 0 aliphatic carbocycles. The van der Waals surface area contributed by atoms with Gasteiger partial charge in [0.05, 0.1) is 5.69 Å². The Morgan fingerprint density at radius 2 is 2.10 bits per heavy atom. The molecule has 112 valence electrons. The van der Waals surface area contributed by atoms with Crippen molar-refractivity contribution >= 4 is 5.82 Å². The molecular weight excluding hydrogens is 248 g/mol. The van der Waals surface area contributed by atoms with E-state index in [2.05, 4.69) is 42.6 Å². The van der Waals surface area contributed by atoms with Gasteiger partial charge in [0, 0.05) is 18.7 Å². The molecule has 1 aliphatic heterocycles. The maximum absolute atomic E-state index is 5.91. The van der Waals surface area contributed by atoms with Crippen LogP contribution >= 0.6 is 0 Å². The summed E-state index contributed by atoms with van der Waals surface area (Å²) in [5.41, 5.74) is 8.61. The van der Waals surface area contributed by atoms with Gasteiger partial charge in [-0.3, -0.25) is 4.90 Å². The molecular formula is C16H28N4. The van der Waals surface area contributed by atoms with Gasteiger partial charge < -0.3 is 5.73 Å². The van der Waals surface area contributed by atoms with Gasteiger partial charge in [-0.2, -0.15) is 0 Å². The third kappa shape index (κ3) is 4.17. The fourth-order valence-electron chi connectivity index (χ4n) is 3.18. The van der Waals surface area contributed by atoms with E-state index in [-0.39, 0.29) is 0 Å². The van der Waals surface area contributed by atoms with Gasteiger partial charge in [-0.1, -0.05) is 27.7 Å². The molecule has 20 heavy (non-hydrogen) atoms. The molecule has 4 heteroatoms. The van der Waals surface area contributed by atoms with Gasteiger partial charge in [0.2, 0.25) is 0 Å². The molecule has 2 rings (SSSR count). The lowest BCUT2D eigenvalue weighted by Gasteiger charge is -2.30. The quantitative estimate of drug-likeness (QED) is 0.918. The maximum atomic E-state index is 5.91. The second-order valence-corrected chi connectivity index (χ2v) is 7.37. The van der Waals surface area contributed by atoms with E-state index >= 15 is 0 Å². The number of nitrogen functional groups attached to an aromatic ring is 1. The highest BCUT2D eigenvalue weighted by atomic mass is 15.1. The van der Waals surface area contributed by atoms with Crippen LogP contribution in [-0.4, -0.2) is 28.0 Å². The smallest absolute Gasteiger partial charge is 0.130 e. The number of nitrogens with two attached hydrogens (primary N) is 1. The van der Waals surface area contributed by atoms with Crippen molar-refractivity contribution in [3.8, 4) is 0 Å². The van der Waals surface area contributed by atoms with Gasteiger partial charge >= 0.3 is 0 Å². The molecule has 0 saturated carbocycles. The Morgan fingerprint density at radius 3 is 2.80 bits per heavy atom. The zero-order valence-electron chi connectivity index (χ0n) is 13.3. The number of anilines is 1. The minimum atomic E-state index is 0.426. The summed E-state index contributed by atoms with van der Waals surface area (Å²) in [6.45, 7) is 12.5. The predicted octanol–water partition coefficient (Wildman–Crippen LogP) is 2.88. The lowest BCUT2D eigenvalue weighted by atomic mass is 9.84. The molecule has 1 aromatic heterocycles. The molecule has 1 aromatic rings. The average molecular weight is 276 g/mol. The Morgan fingerprint density at radius 1 is 1.35 bits per heavy atom. The van der Waals surface area contributed by atoms with Crippen LogP contribution in [0.15, 0.2) is 6.33 Å². The molecule has 0 fully saturated rings. The summed E-state index contributed by atoms with van der Waals surface area (Å²) in [6.07, 6.45) is 5.11. The van der Waals surface area contributed by atoms with Crippen molar-refractivity contribution in [2.24, 2.45) is 11.3 Å². The van der Waals surface area contributed by atoms with Crippen LogP contribution in [0.5, 0.6) is 0 Å². The normalized spacial score (nSPS) is 17.8. The first kappa shape index (κ1) is 15.2. The van der Waals surface area contributed by atoms with E-state index in [4.69, 9.17) is 5.73 Å². The first-order chi connectivity index (χ1) is 9.35. The molecule has 1 atom stereocenters. The molecule has 1 unspecified atom stereocenters. The molecule has 0 bridgehead atoms. The molecule has 2 heterocycles. The maximum Gasteiger partial charge on any atom is 0.130 e. The zero-order chi connectivity index (χ0) is 14.8. The highest BCUT2D eigenvalue weighted by Gasteiger charge is 2.21. The molecule has 2 N–H and O–H groups in total. The van der Waals surface area contributed by atoms with Crippen LogP contribution in [0.1, 0.15) is 51.8 Å². The Bertz CT molecular complexity index is 450. The second-order valence-electron chi connectivity index (χ2n) is 7.37. The first-order valence-electron chi connectivity index (χ1n) is 7.66. The van der Waals surface area contributed by atoms with E-state index in [9.17, 15) is 0 Å². The average Bonchev–Trinajstić information content (AvgIpc) is 2.34. The van der Waals surface area contributed by atoms with Crippen molar-refractivity contribution in [3.05, 3.63) is 17.6 Å². The van der Waals surface area contributed by atoms with Crippen LogP contribution in [0.4, 0.5) is 5.82 Å². The topological polar surface area (TPSA) is 55.0 Å². The number of fused-ring (bicyclic) bond motifs is 1. The number of nitrogens with zero attached hydrogens (tertiary/aromatic N) is 3. The minimum Gasteiger partial charge on any atom is -0.383 e. The van der Waals surface area contributed by atoms with E-state index in [1.54, 1.807) is 6.33 Å². The summed E-state index contributed by atoms with van der Waals surface area (Å²) >= 11 is 0. The Kier molecular flexibility index (Phi) is 4.63. The predicted molar refractivity (Wildman–Crippen MR) is 83.3 cm³/mol. The van der Waals surface area contributed by atoms with Gasteiger partial charge in [-0.05, 0) is 37.1 Å². The molecule has 4 nitrogen and oxygen atoms in total. The highest BCUT2D eigenvalue weighted by molar-refractivity contribution is 5.42. The Labute approximate surface area is 122 Å². The molecule has 0 radical (unpaired) electrons. The summed E-state index contributed by atoms with van der Waals surface area (Å²) < 4.78 is 0. The van der Waals surface area contributed by atoms with Crippen molar-refractivity contribution in [3.63, 3.8) is 0 Å². The Hall–Kier alpha value is -1.16. The van der Waals surface area contributed by atoms with Crippen molar-refractivity contribution in [2.45, 2.75) is 53.5 Å². The fraction of sp³-hybridized carbons (Fsp3) is 0.750. The molecule has 0 aromatic carbocycles. The SMILES string of the molecule is CC(CCN1CCc2c(N)ncnc2C1)CC(C)(C)C. The van der Waals surface area contributed by atoms with Gasteiger partial charge in [0.25, 0.3) is 0 Å². The van der Waals surface area contributed by atoms with Crippen LogP contribution in [0.2, 0.25) is 0 Å². The Balaban J connectivity index is 1.85. The molecule has 1 aliphatic rings. The van der Waals surface area contributed by atoms with Crippen molar-refractivity contribution < 1.29 is 0 Å². The van der Waals surface area contributed by atoms with Crippen LogP contribution in [0.3, 0.4) is 0 Å². The number of rotatable bonds is 4. The van der Waals surface area contributed by atoms with Crippen molar-refractivity contribution in [1.82, 2.24) is 14.9 Å². The summed E-state index contributed by atoms with van der Waals surface area (Å²) in [5.74, 6) is 1.43. The van der Waals surface area contributed by atoms with E-state index in [1.807, 2.05) is 0 Å². The lowest BCUT2D eigenvalue weighted by molar-refractivity contribution is 0.213. The van der Waals surface area contributed by atoms with E-state index < -0.39 is 0 Å². The van der Waals surface area contributed by atoms with Gasteiger partial charge in [-0.15, -0.1) is 0 Å². The highest BCUT2D eigenvalue weighted by Crippen LogP contribution is 2.27. The van der Waals surface area contributed by atoms with Crippen LogP contribution in [0, 0.1) is 11.3 Å². The number of aromatic nitrogens is 2. The van der Waals surface area contributed by atoms with Gasteiger partial charge in [0.1, 0.15) is 12.1 Å². The molecule has 0 amide bonds. The largest absolute Gasteiger partial charge is 0.383 e.